The van der Waals surface area contributed by atoms with Gasteiger partial charge >= 0.3 is 0 Å². The standard InChI is InChI=1S/C18H22N2O2S/c1-14-13-19-11-10-18(14)20-23(21,22)17-9-5-8-16(12-17)15-6-3-2-4-7-15/h2-9,12,14,18-20H,10-11,13H2,1H3. The first-order chi connectivity index (χ1) is 11.1. The molecule has 4 nitrogen and oxygen atoms in total. The molecule has 5 heteroatoms. The van der Waals surface area contributed by atoms with Crippen LogP contribution >= 0.6 is 0 Å². The van der Waals surface area contributed by atoms with Gasteiger partial charge in [0.2, 0.25) is 10.0 Å². The second kappa shape index (κ2) is 6.83. The SMILES string of the molecule is CC1CNCCC1NS(=O)(=O)c1cccc(-c2ccccc2)c1. The van der Waals surface area contributed by atoms with E-state index in [9.17, 15) is 8.42 Å². The largest absolute Gasteiger partial charge is 0.316 e. The Morgan fingerprint density at radius 2 is 1.78 bits per heavy atom. The smallest absolute Gasteiger partial charge is 0.240 e. The van der Waals surface area contributed by atoms with Crippen LogP contribution < -0.4 is 10.0 Å². The minimum atomic E-state index is -3.50. The summed E-state index contributed by atoms with van der Waals surface area (Å²) < 4.78 is 28.3. The summed E-state index contributed by atoms with van der Waals surface area (Å²) in [4.78, 5) is 0.324. The first-order valence-corrected chi connectivity index (χ1v) is 9.43. The van der Waals surface area contributed by atoms with E-state index in [4.69, 9.17) is 0 Å². The molecule has 0 aromatic heterocycles. The summed E-state index contributed by atoms with van der Waals surface area (Å²) >= 11 is 0. The number of rotatable bonds is 4. The maximum absolute atomic E-state index is 12.7. The number of hydrogen-bond acceptors (Lipinski definition) is 3. The molecule has 2 N–H and O–H groups in total. The molecule has 0 radical (unpaired) electrons. The van der Waals surface area contributed by atoms with E-state index < -0.39 is 10.0 Å². The zero-order valence-electron chi connectivity index (χ0n) is 13.2. The molecule has 0 bridgehead atoms. The fraction of sp³-hybridized carbons (Fsp3) is 0.333. The molecule has 0 spiro atoms. The van der Waals surface area contributed by atoms with Crippen molar-refractivity contribution in [1.29, 1.82) is 0 Å². The van der Waals surface area contributed by atoms with Crippen LogP contribution in [0.2, 0.25) is 0 Å². The van der Waals surface area contributed by atoms with Crippen LogP contribution in [0.4, 0.5) is 0 Å². The summed E-state index contributed by atoms with van der Waals surface area (Å²) in [6.45, 7) is 3.76. The van der Waals surface area contributed by atoms with E-state index in [1.165, 1.54) is 0 Å². The molecule has 0 amide bonds. The third kappa shape index (κ3) is 3.80. The molecule has 2 aromatic rings. The van der Waals surface area contributed by atoms with Gasteiger partial charge in [0.1, 0.15) is 0 Å². The fourth-order valence-electron chi connectivity index (χ4n) is 2.93. The summed E-state index contributed by atoms with van der Waals surface area (Å²) in [5.74, 6) is 0.288. The van der Waals surface area contributed by atoms with Crippen molar-refractivity contribution in [3.8, 4) is 11.1 Å². The molecule has 1 fully saturated rings. The Bertz CT molecular complexity index is 760. The number of hydrogen-bond donors (Lipinski definition) is 2. The van der Waals surface area contributed by atoms with Crippen LogP contribution in [0.25, 0.3) is 11.1 Å². The van der Waals surface area contributed by atoms with Crippen LogP contribution in [0, 0.1) is 5.92 Å². The molecular weight excluding hydrogens is 308 g/mol. The molecule has 2 atom stereocenters. The number of piperidine rings is 1. The number of sulfonamides is 1. The molecule has 2 aromatic carbocycles. The zero-order chi connectivity index (χ0) is 16.3. The van der Waals surface area contributed by atoms with Gasteiger partial charge in [0, 0.05) is 6.04 Å². The van der Waals surface area contributed by atoms with Crippen molar-refractivity contribution in [2.24, 2.45) is 5.92 Å². The van der Waals surface area contributed by atoms with E-state index in [2.05, 4.69) is 17.0 Å². The van der Waals surface area contributed by atoms with Gasteiger partial charge in [0.25, 0.3) is 0 Å². The molecule has 0 saturated carbocycles. The summed E-state index contributed by atoms with van der Waals surface area (Å²) in [5.41, 5.74) is 1.92. The van der Waals surface area contributed by atoms with Gasteiger partial charge in [-0.2, -0.15) is 0 Å². The highest BCUT2D eigenvalue weighted by atomic mass is 32.2. The van der Waals surface area contributed by atoms with Gasteiger partial charge in [-0.05, 0) is 48.7 Å². The van der Waals surface area contributed by atoms with Gasteiger partial charge in [0.15, 0.2) is 0 Å². The molecule has 1 aliphatic heterocycles. The van der Waals surface area contributed by atoms with Crippen molar-refractivity contribution in [1.82, 2.24) is 10.0 Å². The van der Waals surface area contributed by atoms with E-state index in [-0.39, 0.29) is 12.0 Å². The highest BCUT2D eigenvalue weighted by Crippen LogP contribution is 2.23. The minimum Gasteiger partial charge on any atom is -0.316 e. The third-order valence-corrected chi connectivity index (χ3v) is 5.83. The van der Waals surface area contributed by atoms with Crippen LogP contribution in [0.5, 0.6) is 0 Å². The van der Waals surface area contributed by atoms with Gasteiger partial charge in [0.05, 0.1) is 4.90 Å². The molecule has 1 saturated heterocycles. The quantitative estimate of drug-likeness (QED) is 0.906. The van der Waals surface area contributed by atoms with E-state index in [1.54, 1.807) is 18.2 Å². The van der Waals surface area contributed by atoms with Crippen molar-refractivity contribution in [2.45, 2.75) is 24.3 Å². The van der Waals surface area contributed by atoms with Gasteiger partial charge in [-0.3, -0.25) is 0 Å². The minimum absolute atomic E-state index is 0.0124. The first-order valence-electron chi connectivity index (χ1n) is 7.95. The number of nitrogens with one attached hydrogen (secondary N) is 2. The first kappa shape index (κ1) is 16.2. The molecular formula is C18H22N2O2S. The van der Waals surface area contributed by atoms with Crippen LogP contribution in [0.3, 0.4) is 0 Å². The van der Waals surface area contributed by atoms with E-state index >= 15 is 0 Å². The Morgan fingerprint density at radius 3 is 2.52 bits per heavy atom. The highest BCUT2D eigenvalue weighted by molar-refractivity contribution is 7.89. The lowest BCUT2D eigenvalue weighted by Gasteiger charge is -2.30. The van der Waals surface area contributed by atoms with Crippen LogP contribution in [0.15, 0.2) is 59.5 Å². The Hall–Kier alpha value is -1.69. The maximum atomic E-state index is 12.7. The van der Waals surface area contributed by atoms with Crippen molar-refractivity contribution in [2.75, 3.05) is 13.1 Å². The van der Waals surface area contributed by atoms with Gasteiger partial charge in [-0.1, -0.05) is 49.4 Å². The van der Waals surface area contributed by atoms with Gasteiger partial charge in [-0.15, -0.1) is 0 Å². The second-order valence-corrected chi connectivity index (χ2v) is 7.81. The van der Waals surface area contributed by atoms with Crippen LogP contribution in [-0.2, 0) is 10.0 Å². The van der Waals surface area contributed by atoms with E-state index in [0.717, 1.165) is 30.6 Å². The molecule has 0 aliphatic carbocycles. The summed E-state index contributed by atoms with van der Waals surface area (Å²) in [6, 6.07) is 16.9. The fourth-order valence-corrected chi connectivity index (χ4v) is 4.35. The maximum Gasteiger partial charge on any atom is 0.240 e. The monoisotopic (exact) mass is 330 g/mol. The van der Waals surface area contributed by atoms with Crippen LogP contribution in [0.1, 0.15) is 13.3 Å². The summed E-state index contributed by atoms with van der Waals surface area (Å²) in [5, 5.41) is 3.29. The Balaban J connectivity index is 1.85. The topological polar surface area (TPSA) is 58.2 Å². The Morgan fingerprint density at radius 1 is 1.04 bits per heavy atom. The van der Waals surface area contributed by atoms with Crippen molar-refractivity contribution < 1.29 is 8.42 Å². The van der Waals surface area contributed by atoms with Crippen molar-refractivity contribution in [3.63, 3.8) is 0 Å². The zero-order valence-corrected chi connectivity index (χ0v) is 14.0. The van der Waals surface area contributed by atoms with E-state index in [0.29, 0.717) is 4.90 Å². The average molecular weight is 330 g/mol. The average Bonchev–Trinajstić information content (AvgIpc) is 2.58. The van der Waals surface area contributed by atoms with E-state index in [1.807, 2.05) is 36.4 Å². The summed E-state index contributed by atoms with van der Waals surface area (Å²) in [6.07, 6.45) is 0.818. The lowest BCUT2D eigenvalue weighted by Crippen LogP contribution is -2.48. The molecule has 2 unspecified atom stereocenters. The van der Waals surface area contributed by atoms with Crippen molar-refractivity contribution >= 4 is 10.0 Å². The molecule has 122 valence electrons. The second-order valence-electron chi connectivity index (χ2n) is 6.09. The lowest BCUT2D eigenvalue weighted by atomic mass is 9.97. The van der Waals surface area contributed by atoms with Gasteiger partial charge < -0.3 is 5.32 Å². The normalized spacial score (nSPS) is 22.0. The van der Waals surface area contributed by atoms with Gasteiger partial charge in [-0.25, -0.2) is 13.1 Å². The predicted octanol–water partition coefficient (Wildman–Crippen LogP) is 2.63. The Labute approximate surface area is 138 Å². The van der Waals surface area contributed by atoms with Crippen molar-refractivity contribution in [3.05, 3.63) is 54.6 Å². The third-order valence-electron chi connectivity index (χ3n) is 4.34. The predicted molar refractivity (Wildman–Crippen MR) is 92.6 cm³/mol. The highest BCUT2D eigenvalue weighted by Gasteiger charge is 2.26. The van der Waals surface area contributed by atoms with Crippen LogP contribution in [-0.4, -0.2) is 27.5 Å². The Kier molecular flexibility index (Phi) is 4.80. The molecule has 3 rings (SSSR count). The summed E-state index contributed by atoms with van der Waals surface area (Å²) in [7, 11) is -3.50. The molecule has 1 heterocycles. The molecule has 23 heavy (non-hydrogen) atoms. The molecule has 1 aliphatic rings. The number of benzene rings is 2. The lowest BCUT2D eigenvalue weighted by molar-refractivity contribution is 0.328.